The quantitative estimate of drug-likeness (QED) is 0.917. The van der Waals surface area contributed by atoms with E-state index in [-0.39, 0.29) is 0 Å². The van der Waals surface area contributed by atoms with E-state index in [9.17, 15) is 0 Å². The molecule has 4 heteroatoms. The molecule has 0 bridgehead atoms. The number of hydrogen-bond donors (Lipinski definition) is 1. The van der Waals surface area contributed by atoms with Crippen LogP contribution in [0.15, 0.2) is 5.38 Å². The van der Waals surface area contributed by atoms with Gasteiger partial charge in [-0.15, -0.1) is 11.3 Å². The predicted molar refractivity (Wildman–Crippen MR) is 76.2 cm³/mol. The Hall–Kier alpha value is -0.870. The van der Waals surface area contributed by atoms with Gasteiger partial charge in [0.25, 0.3) is 0 Å². The molecule has 2 aromatic heterocycles. The third-order valence-corrected chi connectivity index (χ3v) is 5.22. The lowest BCUT2D eigenvalue weighted by Gasteiger charge is -2.32. The van der Waals surface area contributed by atoms with Crippen LogP contribution in [-0.4, -0.2) is 15.4 Å². The first-order chi connectivity index (χ1) is 8.66. The standard InChI is InChI=1S/C14H21N3S/c1-9-8-18-14-16-11(3)13(17(9)14)7-15-10(2)12-5-4-6-12/h8,10,12,15H,4-7H2,1-3H3. The molecular formula is C14H21N3S. The minimum Gasteiger partial charge on any atom is -0.308 e. The predicted octanol–water partition coefficient (Wildman–Crippen LogP) is 3.29. The summed E-state index contributed by atoms with van der Waals surface area (Å²) in [5, 5.41) is 5.86. The van der Waals surface area contributed by atoms with Crippen LogP contribution in [-0.2, 0) is 6.54 Å². The van der Waals surface area contributed by atoms with E-state index in [0.717, 1.165) is 17.4 Å². The number of nitrogens with one attached hydrogen (secondary N) is 1. The Bertz CT molecular complexity index is 551. The summed E-state index contributed by atoms with van der Waals surface area (Å²) in [6, 6.07) is 0.627. The van der Waals surface area contributed by atoms with Gasteiger partial charge in [-0.05, 0) is 39.5 Å². The van der Waals surface area contributed by atoms with Crippen molar-refractivity contribution < 1.29 is 0 Å². The summed E-state index contributed by atoms with van der Waals surface area (Å²) in [7, 11) is 0. The molecule has 0 amide bonds. The number of aryl methyl sites for hydroxylation is 2. The number of imidazole rings is 1. The van der Waals surface area contributed by atoms with Crippen molar-refractivity contribution in [2.75, 3.05) is 0 Å². The van der Waals surface area contributed by atoms with Gasteiger partial charge in [0.15, 0.2) is 4.96 Å². The van der Waals surface area contributed by atoms with Crippen LogP contribution in [0.2, 0.25) is 0 Å². The number of aromatic nitrogens is 2. The molecule has 0 saturated heterocycles. The molecule has 1 N–H and O–H groups in total. The average Bonchev–Trinajstić information content (AvgIpc) is 2.74. The molecule has 18 heavy (non-hydrogen) atoms. The molecule has 2 heterocycles. The summed E-state index contributed by atoms with van der Waals surface area (Å²) in [4.78, 5) is 5.76. The highest BCUT2D eigenvalue weighted by atomic mass is 32.1. The van der Waals surface area contributed by atoms with E-state index >= 15 is 0 Å². The fourth-order valence-electron chi connectivity index (χ4n) is 2.74. The van der Waals surface area contributed by atoms with Crippen LogP contribution in [0.3, 0.4) is 0 Å². The van der Waals surface area contributed by atoms with Crippen molar-refractivity contribution >= 4 is 16.3 Å². The zero-order chi connectivity index (χ0) is 12.7. The zero-order valence-corrected chi connectivity index (χ0v) is 12.2. The van der Waals surface area contributed by atoms with Crippen LogP contribution >= 0.6 is 11.3 Å². The van der Waals surface area contributed by atoms with Gasteiger partial charge in [0.1, 0.15) is 0 Å². The minimum atomic E-state index is 0.627. The molecule has 0 aromatic carbocycles. The van der Waals surface area contributed by atoms with Crippen molar-refractivity contribution in [2.24, 2.45) is 5.92 Å². The molecule has 1 saturated carbocycles. The topological polar surface area (TPSA) is 29.3 Å². The van der Waals surface area contributed by atoms with Gasteiger partial charge in [-0.2, -0.15) is 0 Å². The monoisotopic (exact) mass is 263 g/mol. The van der Waals surface area contributed by atoms with Crippen LogP contribution in [0.25, 0.3) is 4.96 Å². The number of rotatable bonds is 4. The molecule has 1 aliphatic rings. The van der Waals surface area contributed by atoms with Crippen molar-refractivity contribution in [1.29, 1.82) is 0 Å². The van der Waals surface area contributed by atoms with Gasteiger partial charge < -0.3 is 5.32 Å². The van der Waals surface area contributed by atoms with Crippen LogP contribution in [0, 0.1) is 19.8 Å². The summed E-state index contributed by atoms with van der Waals surface area (Å²) < 4.78 is 2.29. The highest BCUT2D eigenvalue weighted by Crippen LogP contribution is 2.29. The number of thiazole rings is 1. The number of hydrogen-bond acceptors (Lipinski definition) is 3. The first-order valence-electron chi connectivity index (χ1n) is 6.82. The SMILES string of the molecule is Cc1nc2scc(C)n2c1CNC(C)C1CCC1. The Labute approximate surface area is 112 Å². The van der Waals surface area contributed by atoms with Crippen LogP contribution in [0.4, 0.5) is 0 Å². The molecule has 0 radical (unpaired) electrons. The van der Waals surface area contributed by atoms with Crippen molar-refractivity contribution in [1.82, 2.24) is 14.7 Å². The Morgan fingerprint density at radius 1 is 1.50 bits per heavy atom. The summed E-state index contributed by atoms with van der Waals surface area (Å²) in [5.41, 5.74) is 3.79. The maximum Gasteiger partial charge on any atom is 0.194 e. The van der Waals surface area contributed by atoms with E-state index in [4.69, 9.17) is 0 Å². The molecule has 98 valence electrons. The minimum absolute atomic E-state index is 0.627. The Morgan fingerprint density at radius 2 is 2.28 bits per heavy atom. The van der Waals surface area contributed by atoms with Gasteiger partial charge in [-0.3, -0.25) is 4.40 Å². The van der Waals surface area contributed by atoms with Crippen molar-refractivity contribution in [2.45, 2.75) is 52.6 Å². The Kier molecular flexibility index (Phi) is 3.16. The van der Waals surface area contributed by atoms with Gasteiger partial charge in [-0.1, -0.05) is 6.42 Å². The van der Waals surface area contributed by atoms with Gasteiger partial charge >= 0.3 is 0 Å². The normalized spacial score (nSPS) is 18.2. The summed E-state index contributed by atoms with van der Waals surface area (Å²) in [5.74, 6) is 0.886. The highest BCUT2D eigenvalue weighted by Gasteiger charge is 2.24. The maximum absolute atomic E-state index is 4.63. The average molecular weight is 263 g/mol. The molecular weight excluding hydrogens is 242 g/mol. The first kappa shape index (κ1) is 12.2. The van der Waals surface area contributed by atoms with Crippen molar-refractivity contribution in [3.05, 3.63) is 22.5 Å². The van der Waals surface area contributed by atoms with Gasteiger partial charge in [-0.25, -0.2) is 4.98 Å². The molecule has 2 aromatic rings. The van der Waals surface area contributed by atoms with E-state index in [2.05, 4.69) is 40.9 Å². The van der Waals surface area contributed by atoms with E-state index in [1.165, 1.54) is 36.3 Å². The van der Waals surface area contributed by atoms with Crippen molar-refractivity contribution in [3.63, 3.8) is 0 Å². The first-order valence-corrected chi connectivity index (χ1v) is 7.70. The van der Waals surface area contributed by atoms with Gasteiger partial charge in [0.2, 0.25) is 0 Å². The lowest BCUT2D eigenvalue weighted by Crippen LogP contribution is -2.36. The van der Waals surface area contributed by atoms with E-state index < -0.39 is 0 Å². The molecule has 1 fully saturated rings. The summed E-state index contributed by atoms with van der Waals surface area (Å²) in [6.07, 6.45) is 4.20. The molecule has 1 unspecified atom stereocenters. The molecule has 3 nitrogen and oxygen atoms in total. The smallest absolute Gasteiger partial charge is 0.194 e. The third kappa shape index (κ3) is 1.97. The Morgan fingerprint density at radius 3 is 2.94 bits per heavy atom. The second kappa shape index (κ2) is 4.67. The van der Waals surface area contributed by atoms with Gasteiger partial charge in [0.05, 0.1) is 11.4 Å². The van der Waals surface area contributed by atoms with Gasteiger partial charge in [0, 0.05) is 23.7 Å². The fraction of sp³-hybridized carbons (Fsp3) is 0.643. The third-order valence-electron chi connectivity index (χ3n) is 4.28. The summed E-state index contributed by atoms with van der Waals surface area (Å²) in [6.45, 7) is 7.52. The van der Waals surface area contributed by atoms with Crippen molar-refractivity contribution in [3.8, 4) is 0 Å². The van der Waals surface area contributed by atoms with E-state index in [0.29, 0.717) is 6.04 Å². The molecule has 1 atom stereocenters. The molecule has 3 rings (SSSR count). The maximum atomic E-state index is 4.63. The lowest BCUT2D eigenvalue weighted by atomic mass is 9.80. The number of nitrogens with zero attached hydrogens (tertiary/aromatic N) is 2. The molecule has 0 spiro atoms. The second-order valence-electron chi connectivity index (χ2n) is 5.50. The fourth-order valence-corrected chi connectivity index (χ4v) is 3.67. The lowest BCUT2D eigenvalue weighted by molar-refractivity contribution is 0.239. The Balaban J connectivity index is 1.76. The number of fused-ring (bicyclic) bond motifs is 1. The van der Waals surface area contributed by atoms with E-state index in [1.54, 1.807) is 11.3 Å². The highest BCUT2D eigenvalue weighted by molar-refractivity contribution is 7.15. The van der Waals surface area contributed by atoms with Crippen LogP contribution < -0.4 is 5.32 Å². The van der Waals surface area contributed by atoms with Crippen LogP contribution in [0.5, 0.6) is 0 Å². The van der Waals surface area contributed by atoms with E-state index in [1.807, 2.05) is 0 Å². The molecule has 0 aliphatic heterocycles. The molecule has 1 aliphatic carbocycles. The largest absolute Gasteiger partial charge is 0.308 e. The zero-order valence-electron chi connectivity index (χ0n) is 11.4. The summed E-state index contributed by atoms with van der Waals surface area (Å²) >= 11 is 1.73. The second-order valence-corrected chi connectivity index (χ2v) is 6.34. The van der Waals surface area contributed by atoms with Crippen LogP contribution in [0.1, 0.15) is 43.3 Å².